The smallest absolute Gasteiger partial charge is 0.305 e. The Labute approximate surface area is 749 Å². The van der Waals surface area contributed by atoms with Crippen LogP contribution in [0.5, 0.6) is 5.75 Å². The van der Waals surface area contributed by atoms with Gasteiger partial charge < -0.3 is 144 Å². The minimum Gasteiger partial charge on any atom is -0.508 e. The first-order valence-electron chi connectivity index (χ1n) is 40.8. The summed E-state index contributed by atoms with van der Waals surface area (Å²) in [4.78, 5) is 263. The van der Waals surface area contributed by atoms with Gasteiger partial charge in [-0.1, -0.05) is 48.5 Å². The number of para-hydroxylation sites is 2. The molecule has 18 amide bonds. The number of aromatic hydroxyl groups is 1. The van der Waals surface area contributed by atoms with Gasteiger partial charge in [0.05, 0.1) is 32.1 Å². The van der Waals surface area contributed by atoms with Crippen molar-refractivity contribution in [1.82, 2.24) is 89.7 Å². The number of aliphatic hydroxyl groups is 1. The number of carbonyl (C=O) groups excluding carboxylic acids is 18. The van der Waals surface area contributed by atoms with Crippen molar-refractivity contribution in [1.29, 1.82) is 5.41 Å². The number of phenols is 1. The molecule has 129 heavy (non-hydrogen) atoms. The highest BCUT2D eigenvalue weighted by Gasteiger charge is 2.39. The van der Waals surface area contributed by atoms with Gasteiger partial charge in [-0.15, -0.1) is 0 Å². The molecule has 0 spiro atoms. The Hall–Kier alpha value is -13.7. The summed E-state index contributed by atoms with van der Waals surface area (Å²) in [6, 6.07) is -0.961. The third-order valence-corrected chi connectivity index (χ3v) is 20.3. The van der Waals surface area contributed by atoms with Crippen LogP contribution in [0.25, 0.3) is 21.8 Å². The fraction of sp³-hybridized carbons (Fsp3) is 0.475. The molecular weight excluding hydrogens is 1730 g/mol. The lowest BCUT2D eigenvalue weighted by Crippen LogP contribution is -2.62. The molecule has 0 aliphatic rings. The molecule has 0 aliphatic carbocycles. The number of ether oxygens (including phenoxy) is 1. The number of aliphatic hydroxyl groups excluding tert-OH is 1. The van der Waals surface area contributed by atoms with Gasteiger partial charge in [-0.25, -0.2) is 0 Å². The molecule has 0 bridgehead atoms. The first-order chi connectivity index (χ1) is 61.2. The van der Waals surface area contributed by atoms with Crippen molar-refractivity contribution in [3.8, 4) is 5.75 Å². The maximum absolute atomic E-state index is 15.3. The number of nitrogens with two attached hydrogens (primary N) is 6. The third kappa shape index (κ3) is 37.8. The molecule has 0 radical (unpaired) electrons. The van der Waals surface area contributed by atoms with Crippen LogP contribution >= 0.6 is 25.3 Å². The van der Waals surface area contributed by atoms with Crippen molar-refractivity contribution in [3.05, 3.63) is 102 Å². The first-order valence-corrected chi connectivity index (χ1v) is 42.1. The first kappa shape index (κ1) is 106. The maximum Gasteiger partial charge on any atom is 0.305 e. The molecule has 0 fully saturated rings. The van der Waals surface area contributed by atoms with E-state index in [4.69, 9.17) is 44.5 Å². The number of unbranched alkanes of at least 4 members (excludes halogenated alkanes) is 1. The largest absolute Gasteiger partial charge is 0.508 e. The number of guanidine groups is 1. The minimum absolute atomic E-state index is 0.0651. The van der Waals surface area contributed by atoms with Gasteiger partial charge in [-0.3, -0.25) is 96.5 Å². The molecule has 47 nitrogen and oxygen atoms in total. The van der Waals surface area contributed by atoms with E-state index in [1.807, 2.05) is 0 Å². The Kier molecular flexibility index (Phi) is 44.6. The molecule has 3 aromatic carbocycles. The van der Waals surface area contributed by atoms with Crippen molar-refractivity contribution in [2.45, 2.75) is 189 Å². The Morgan fingerprint density at radius 1 is 0.450 bits per heavy atom. The second kappa shape index (κ2) is 54.4. The van der Waals surface area contributed by atoms with Crippen molar-refractivity contribution >= 4 is 165 Å². The summed E-state index contributed by atoms with van der Waals surface area (Å²) in [5.74, 6) is -21.3. The van der Waals surface area contributed by atoms with E-state index >= 15 is 9.59 Å². The van der Waals surface area contributed by atoms with Gasteiger partial charge >= 0.3 is 5.97 Å². The average molecular weight is 1840 g/mol. The van der Waals surface area contributed by atoms with Crippen LogP contribution in [-0.4, -0.2) is 273 Å². The number of H-pyrrole nitrogens is 2. The molecule has 0 saturated carbocycles. The fourth-order valence-electron chi connectivity index (χ4n) is 13.0. The molecule has 0 unspecified atom stereocenters. The average Bonchev–Trinajstić information content (AvgIpc) is 1.69. The molecule has 704 valence electrons. The number of carbonyl (C=O) groups is 19. The van der Waals surface area contributed by atoms with E-state index in [0.29, 0.717) is 52.3 Å². The van der Waals surface area contributed by atoms with Crippen molar-refractivity contribution < 1.29 is 111 Å². The molecule has 5 aromatic rings. The number of thiol groups is 2. The number of nitrogens with one attached hydrogen (secondary N) is 18. The van der Waals surface area contributed by atoms with E-state index in [9.17, 15) is 96.8 Å². The van der Waals surface area contributed by atoms with Crippen LogP contribution < -0.4 is 114 Å². The highest BCUT2D eigenvalue weighted by atomic mass is 32.1. The number of aromatic amines is 2. The molecule has 0 aliphatic heterocycles. The molecule has 33 N–H and O–H groups in total. The fourth-order valence-corrected chi connectivity index (χ4v) is 13.5. The van der Waals surface area contributed by atoms with Crippen LogP contribution in [0.2, 0.25) is 0 Å². The number of amides is 18. The Morgan fingerprint density at radius 2 is 0.907 bits per heavy atom. The lowest BCUT2D eigenvalue weighted by Gasteiger charge is -2.29. The Morgan fingerprint density at radius 3 is 1.40 bits per heavy atom. The van der Waals surface area contributed by atoms with Gasteiger partial charge in [0.2, 0.25) is 106 Å². The topological polar surface area (TPSA) is 786 Å². The zero-order chi connectivity index (χ0) is 95.6. The van der Waals surface area contributed by atoms with Crippen LogP contribution in [0.15, 0.2) is 85.2 Å². The lowest BCUT2D eigenvalue weighted by atomic mass is 10.0. The van der Waals surface area contributed by atoms with Crippen LogP contribution in [0.4, 0.5) is 0 Å². The predicted molar refractivity (Wildman–Crippen MR) is 470 cm³/mol. The van der Waals surface area contributed by atoms with Crippen molar-refractivity contribution in [3.63, 3.8) is 0 Å². The van der Waals surface area contributed by atoms with Crippen LogP contribution in [-0.2, 0) is 115 Å². The highest BCUT2D eigenvalue weighted by molar-refractivity contribution is 7.80. The molecule has 0 saturated heterocycles. The summed E-state index contributed by atoms with van der Waals surface area (Å²) >= 11 is 8.44. The standard InChI is InChI=1S/C80H114N24O23S2/c1-40(105)68(104-73(120)54(21-23-62(83)109)99-77(124)59(38-128)93-41(2)106)79(126)102-57(30-44-35-91-50-13-6-4-11-48(44)50)76(123)98-53(20-22-61(82)108)72(119)103-60(39-129)78(125)100-55(28-42-16-18-46(107)19-17-42)74(121)101-56(29-43-34-90-49-12-5-3-10-47(43)49)75(122)97-52(15-9-25-89-80(86)87)71(118)94-45(32-67(114)115)31-64(111)96-58(33-63(84)110)70(117)92-36-65(112)88-26-27-127-37-66(113)95-51(69(85)116)14-7-8-24-81/h3-6,10-13,16-19,34-35,40,45,51-60,68,90-91,105,107,128-129H,7-9,14-15,20-33,36-39,81H2,1-2H3,(H2,82,108)(H2,83,109)(H2,84,110)(H2,85,116)(H,88,112)(H,92,117)(H,93,106)(H,94,118)(H,95,113)(H,96,111)(H,97,122)(H,98,123)(H,99,124)(H,100,125)(H,101,121)(H,102,126)(H,103,119)(H,104,120)(H,114,115)(H4,86,87,89)/t40-,45-,51-,52+,53+,54+,55+,56+,57+,58+,59+,60+,68+/m1/s1. The normalized spacial score (nSPS) is 14.1. The van der Waals surface area contributed by atoms with Crippen molar-refractivity contribution in [2.75, 3.05) is 50.9 Å². The number of carboxylic acid groups (broad SMARTS) is 1. The minimum atomic E-state index is -1.94. The number of benzene rings is 3. The van der Waals surface area contributed by atoms with Gasteiger partial charge in [0, 0.05) is 110 Å². The molecule has 49 heteroatoms. The second-order valence-corrected chi connectivity index (χ2v) is 30.7. The van der Waals surface area contributed by atoms with E-state index < -0.39 is 274 Å². The monoisotopic (exact) mass is 1840 g/mol. The quantitative estimate of drug-likeness (QED) is 0.00744. The number of rotatable bonds is 59. The summed E-state index contributed by atoms with van der Waals surface area (Å²) in [5, 5.41) is 76.9. The molecule has 2 aromatic heterocycles. The van der Waals surface area contributed by atoms with Crippen molar-refractivity contribution in [2.24, 2.45) is 34.4 Å². The summed E-state index contributed by atoms with van der Waals surface area (Å²) < 4.78 is 5.25. The van der Waals surface area contributed by atoms with E-state index in [1.165, 1.54) is 36.7 Å². The Bertz CT molecular complexity index is 4780. The molecule has 5 rings (SSSR count). The summed E-state index contributed by atoms with van der Waals surface area (Å²) in [5.41, 5.74) is 35.0. The summed E-state index contributed by atoms with van der Waals surface area (Å²) in [6.07, 6.45) is -3.85. The van der Waals surface area contributed by atoms with E-state index in [-0.39, 0.29) is 62.4 Å². The van der Waals surface area contributed by atoms with Gasteiger partial charge in [-0.05, 0) is 99.4 Å². The maximum atomic E-state index is 15.3. The zero-order valence-corrected chi connectivity index (χ0v) is 72.5. The van der Waals surface area contributed by atoms with E-state index in [2.05, 4.69) is 115 Å². The summed E-state index contributed by atoms with van der Waals surface area (Å²) in [7, 11) is 0. The summed E-state index contributed by atoms with van der Waals surface area (Å²) in [6.45, 7) is 0.832. The Balaban J connectivity index is 1.41. The number of hydrogen-bond donors (Lipinski definition) is 29. The van der Waals surface area contributed by atoms with Gasteiger partial charge in [-0.2, -0.15) is 25.3 Å². The number of phenolic OH excluding ortho intramolecular Hbond substituents is 1. The van der Waals surface area contributed by atoms with Gasteiger partial charge in [0.25, 0.3) is 0 Å². The predicted octanol–water partition coefficient (Wildman–Crippen LogP) is -8.14. The number of carboxylic acids is 1. The third-order valence-electron chi connectivity index (χ3n) is 19.6. The molecular formula is C80H114N24O23S2. The highest BCUT2D eigenvalue weighted by Crippen LogP contribution is 2.23. The van der Waals surface area contributed by atoms with Gasteiger partial charge in [0.1, 0.15) is 78.8 Å². The second-order valence-electron chi connectivity index (χ2n) is 30.0. The number of primary amides is 4. The molecule has 2 heterocycles. The zero-order valence-electron chi connectivity index (χ0n) is 70.7. The van der Waals surface area contributed by atoms with Crippen LogP contribution in [0, 0.1) is 5.41 Å². The number of aromatic nitrogens is 2. The number of fused-ring (bicyclic) bond motifs is 2. The van der Waals surface area contributed by atoms with E-state index in [0.717, 1.165) is 13.8 Å². The van der Waals surface area contributed by atoms with Crippen LogP contribution in [0.1, 0.15) is 108 Å². The number of hydrogen-bond acceptors (Lipinski definition) is 26. The molecule has 13 atom stereocenters. The SMILES string of the molecule is CC(=O)N[C@@H](CS)C(=O)N[C@@H](CCC(N)=O)C(=O)N[C@H](C(=O)N[C@@H](Cc1c[nH]c2ccccc12)C(=O)N[C@@H](CCC(N)=O)C(=O)N[C@@H](CS)C(=O)N[C@@H](Cc1ccc(O)cc1)C(=O)N[C@@H](Cc1c[nH]c2ccccc12)C(=O)N[C@@H](CCCNC(=N)N)C(=O)N[C@@H](CC(=O)O)CC(=O)N[C@@H](CC(N)=O)C(=O)NCC(=O)NCCOCC(=O)N[C@H](CCCCN)C(N)=O)[C@@H](C)O. The van der Waals surface area contributed by atoms with E-state index in [1.54, 1.807) is 48.5 Å². The number of aliphatic carboxylic acids is 1. The van der Waals surface area contributed by atoms with Crippen LogP contribution in [0.3, 0.4) is 0 Å². The lowest BCUT2D eigenvalue weighted by molar-refractivity contribution is -0.139. The van der Waals surface area contributed by atoms with Gasteiger partial charge in [0.15, 0.2) is 5.96 Å².